The van der Waals surface area contributed by atoms with E-state index in [0.717, 1.165) is 5.56 Å². The minimum atomic E-state index is -2.90. The number of alkyl halides is 2. The first-order valence-corrected chi connectivity index (χ1v) is 8.80. The van der Waals surface area contributed by atoms with Gasteiger partial charge in [0.25, 0.3) is 0 Å². The fourth-order valence-electron chi connectivity index (χ4n) is 2.54. The van der Waals surface area contributed by atoms with Gasteiger partial charge in [-0.15, -0.1) is 0 Å². The molecule has 2 N–H and O–H groups in total. The third-order valence-corrected chi connectivity index (χ3v) is 4.08. The largest absolute Gasteiger partial charge is 0.493 e. The summed E-state index contributed by atoms with van der Waals surface area (Å²) in [5.74, 6) is 0.955. The van der Waals surface area contributed by atoms with Gasteiger partial charge in [-0.3, -0.25) is 4.99 Å². The Bertz CT molecular complexity index is 604. The van der Waals surface area contributed by atoms with Crippen LogP contribution in [0.1, 0.15) is 26.3 Å². The van der Waals surface area contributed by atoms with Crippen LogP contribution in [0.15, 0.2) is 23.2 Å². The molecule has 0 saturated carbocycles. The average molecular weight is 387 g/mol. The third-order valence-electron chi connectivity index (χ3n) is 4.08. The smallest absolute Gasteiger partial charge is 0.387 e. The second kappa shape index (κ2) is 10.9. The zero-order valence-electron chi connectivity index (χ0n) is 16.9. The Hall–Kier alpha value is -2.09. The van der Waals surface area contributed by atoms with Crippen molar-refractivity contribution in [3.8, 4) is 11.5 Å². The standard InChI is InChI=1S/C19H31F2N3O3/c1-19(2,3)16(26-6)12-24-18(22-4)23-10-9-13-7-8-14(25-5)15(11-13)27-17(20)21/h7-8,11,16-17H,9-10,12H2,1-6H3,(H2,22,23,24). The molecule has 0 heterocycles. The lowest BCUT2D eigenvalue weighted by atomic mass is 9.89. The number of rotatable bonds is 9. The Morgan fingerprint density at radius 2 is 1.85 bits per heavy atom. The maximum Gasteiger partial charge on any atom is 0.387 e. The topological polar surface area (TPSA) is 64.1 Å². The summed E-state index contributed by atoms with van der Waals surface area (Å²) in [6, 6.07) is 4.99. The molecule has 0 aliphatic heterocycles. The van der Waals surface area contributed by atoms with Crippen LogP contribution in [0.25, 0.3) is 0 Å². The quantitative estimate of drug-likeness (QED) is 0.504. The zero-order chi connectivity index (χ0) is 20.4. The maximum atomic E-state index is 12.5. The molecule has 1 aromatic carbocycles. The molecule has 0 saturated heterocycles. The highest BCUT2D eigenvalue weighted by atomic mass is 19.3. The van der Waals surface area contributed by atoms with Crippen LogP contribution in [-0.2, 0) is 11.2 Å². The Morgan fingerprint density at radius 1 is 1.15 bits per heavy atom. The van der Waals surface area contributed by atoms with Gasteiger partial charge in [-0.25, -0.2) is 0 Å². The van der Waals surface area contributed by atoms with Gasteiger partial charge in [0, 0.05) is 27.2 Å². The van der Waals surface area contributed by atoms with E-state index in [4.69, 9.17) is 9.47 Å². The van der Waals surface area contributed by atoms with Gasteiger partial charge >= 0.3 is 6.61 Å². The van der Waals surface area contributed by atoms with E-state index >= 15 is 0 Å². The van der Waals surface area contributed by atoms with Gasteiger partial charge in [0.1, 0.15) is 0 Å². The van der Waals surface area contributed by atoms with Crippen LogP contribution in [0.3, 0.4) is 0 Å². The van der Waals surface area contributed by atoms with Crippen molar-refractivity contribution in [3.63, 3.8) is 0 Å². The van der Waals surface area contributed by atoms with E-state index in [2.05, 4.69) is 41.1 Å². The summed E-state index contributed by atoms with van der Waals surface area (Å²) in [6.45, 7) is 4.64. The van der Waals surface area contributed by atoms with Crippen molar-refractivity contribution in [2.24, 2.45) is 10.4 Å². The predicted octanol–water partition coefficient (Wildman–Crippen LogP) is 3.07. The SMILES string of the molecule is CN=C(NCCc1ccc(OC)c(OC(F)F)c1)NCC(OC)C(C)(C)C. The van der Waals surface area contributed by atoms with Crippen molar-refractivity contribution in [2.45, 2.75) is 39.9 Å². The number of hydrogen-bond acceptors (Lipinski definition) is 4. The Labute approximate surface area is 160 Å². The van der Waals surface area contributed by atoms with Gasteiger partial charge in [-0.05, 0) is 29.5 Å². The van der Waals surface area contributed by atoms with Crippen molar-refractivity contribution in [2.75, 3.05) is 34.4 Å². The molecule has 6 nitrogen and oxygen atoms in total. The number of aliphatic imine (C=N–C) groups is 1. The van der Waals surface area contributed by atoms with Crippen molar-refractivity contribution < 1.29 is 23.0 Å². The van der Waals surface area contributed by atoms with Gasteiger partial charge in [0.05, 0.1) is 13.2 Å². The minimum absolute atomic E-state index is 0.00476. The first kappa shape index (κ1) is 23.0. The van der Waals surface area contributed by atoms with E-state index < -0.39 is 6.61 Å². The van der Waals surface area contributed by atoms with Crippen LogP contribution >= 0.6 is 0 Å². The molecule has 0 bridgehead atoms. The zero-order valence-corrected chi connectivity index (χ0v) is 16.9. The summed E-state index contributed by atoms with van der Waals surface area (Å²) in [4.78, 5) is 4.19. The fourth-order valence-corrected chi connectivity index (χ4v) is 2.54. The lowest BCUT2D eigenvalue weighted by Crippen LogP contribution is -2.45. The highest BCUT2D eigenvalue weighted by Gasteiger charge is 2.24. The number of methoxy groups -OCH3 is 2. The van der Waals surface area contributed by atoms with E-state index in [0.29, 0.717) is 25.5 Å². The van der Waals surface area contributed by atoms with Crippen molar-refractivity contribution in [1.82, 2.24) is 10.6 Å². The normalized spacial score (nSPS) is 13.4. The van der Waals surface area contributed by atoms with Gasteiger partial charge in [0.2, 0.25) is 0 Å². The predicted molar refractivity (Wildman–Crippen MR) is 103 cm³/mol. The third kappa shape index (κ3) is 7.99. The molecule has 0 radical (unpaired) electrons. The maximum absolute atomic E-state index is 12.5. The van der Waals surface area contributed by atoms with E-state index in [1.165, 1.54) is 7.11 Å². The van der Waals surface area contributed by atoms with Gasteiger partial charge in [0.15, 0.2) is 17.5 Å². The molecule has 27 heavy (non-hydrogen) atoms. The molecule has 1 rings (SSSR count). The molecule has 0 aromatic heterocycles. The summed E-state index contributed by atoms with van der Waals surface area (Å²) in [5.41, 5.74) is 0.851. The number of nitrogens with zero attached hydrogens (tertiary/aromatic N) is 1. The molecule has 1 atom stereocenters. The molecule has 1 aromatic rings. The molecule has 0 aliphatic carbocycles. The van der Waals surface area contributed by atoms with Crippen LogP contribution < -0.4 is 20.1 Å². The number of guanidine groups is 1. The van der Waals surface area contributed by atoms with E-state index in [-0.39, 0.29) is 23.0 Å². The molecule has 154 valence electrons. The van der Waals surface area contributed by atoms with Crippen LogP contribution in [-0.4, -0.2) is 53.0 Å². The van der Waals surface area contributed by atoms with Crippen molar-refractivity contribution in [3.05, 3.63) is 23.8 Å². The molecule has 0 spiro atoms. The first-order valence-electron chi connectivity index (χ1n) is 8.80. The lowest BCUT2D eigenvalue weighted by Gasteiger charge is -2.30. The Morgan fingerprint density at radius 3 is 2.37 bits per heavy atom. The summed E-state index contributed by atoms with van der Waals surface area (Å²) in [6.07, 6.45) is 0.642. The van der Waals surface area contributed by atoms with Gasteiger partial charge in [-0.2, -0.15) is 8.78 Å². The molecular formula is C19H31F2N3O3. The number of ether oxygens (including phenoxy) is 3. The summed E-state index contributed by atoms with van der Waals surface area (Å²) >= 11 is 0. The molecule has 8 heteroatoms. The minimum Gasteiger partial charge on any atom is -0.493 e. The number of benzene rings is 1. The highest BCUT2D eigenvalue weighted by Crippen LogP contribution is 2.29. The second-order valence-corrected chi connectivity index (χ2v) is 7.08. The first-order chi connectivity index (χ1) is 12.7. The van der Waals surface area contributed by atoms with Gasteiger partial charge in [-0.1, -0.05) is 26.8 Å². The highest BCUT2D eigenvalue weighted by molar-refractivity contribution is 5.79. The second-order valence-electron chi connectivity index (χ2n) is 7.08. The van der Waals surface area contributed by atoms with Crippen molar-refractivity contribution >= 4 is 5.96 Å². The van der Waals surface area contributed by atoms with Crippen LogP contribution in [0.5, 0.6) is 11.5 Å². The van der Waals surface area contributed by atoms with Crippen LogP contribution in [0, 0.1) is 5.41 Å². The Balaban J connectivity index is 2.57. The monoisotopic (exact) mass is 387 g/mol. The number of halogens is 2. The van der Waals surface area contributed by atoms with E-state index in [9.17, 15) is 8.78 Å². The molecule has 0 amide bonds. The molecular weight excluding hydrogens is 356 g/mol. The van der Waals surface area contributed by atoms with E-state index in [1.807, 2.05) is 6.07 Å². The summed E-state index contributed by atoms with van der Waals surface area (Å²) in [5, 5.41) is 6.44. The van der Waals surface area contributed by atoms with Crippen molar-refractivity contribution in [1.29, 1.82) is 0 Å². The molecule has 0 fully saturated rings. The Kier molecular flexibility index (Phi) is 9.28. The average Bonchev–Trinajstić information content (AvgIpc) is 2.59. The number of hydrogen-bond donors (Lipinski definition) is 2. The number of nitrogens with one attached hydrogen (secondary N) is 2. The van der Waals surface area contributed by atoms with Gasteiger partial charge < -0.3 is 24.8 Å². The molecule has 0 aliphatic rings. The lowest BCUT2D eigenvalue weighted by molar-refractivity contribution is -0.0512. The summed E-state index contributed by atoms with van der Waals surface area (Å²) < 4.78 is 40.1. The van der Waals surface area contributed by atoms with E-state index in [1.54, 1.807) is 26.3 Å². The van der Waals surface area contributed by atoms with Crippen LogP contribution in [0.4, 0.5) is 8.78 Å². The fraction of sp³-hybridized carbons (Fsp3) is 0.632. The summed E-state index contributed by atoms with van der Waals surface area (Å²) in [7, 11) is 4.79. The van der Waals surface area contributed by atoms with Crippen LogP contribution in [0.2, 0.25) is 0 Å². The molecule has 1 unspecified atom stereocenters.